The number of nitrogens with zero attached hydrogens (tertiary/aromatic N) is 2. The molecule has 3 aliphatic heterocycles. The summed E-state index contributed by atoms with van der Waals surface area (Å²) in [5, 5.41) is 3.28. The average molecular weight is 359 g/mol. The van der Waals surface area contributed by atoms with Gasteiger partial charge in [-0.25, -0.2) is 4.79 Å². The number of urea groups is 1. The molecule has 0 radical (unpaired) electrons. The summed E-state index contributed by atoms with van der Waals surface area (Å²) in [5.41, 5.74) is 1.33. The second-order valence-electron chi connectivity index (χ2n) is 7.62. The molecule has 0 saturated carbocycles. The van der Waals surface area contributed by atoms with Crippen LogP contribution in [0.15, 0.2) is 24.3 Å². The number of rotatable bonds is 4. The minimum absolute atomic E-state index is 0.0845. The zero-order valence-electron chi connectivity index (χ0n) is 15.5. The van der Waals surface area contributed by atoms with Crippen LogP contribution >= 0.6 is 0 Å². The quantitative estimate of drug-likeness (QED) is 0.896. The van der Waals surface area contributed by atoms with Crippen LogP contribution in [-0.4, -0.2) is 67.4 Å². The third kappa shape index (κ3) is 3.81. The molecule has 3 fully saturated rings. The van der Waals surface area contributed by atoms with Crippen LogP contribution < -0.4 is 10.1 Å². The molecule has 2 amide bonds. The Balaban J connectivity index is 1.32. The number of piperidine rings is 1. The van der Waals surface area contributed by atoms with Crippen molar-refractivity contribution in [3.63, 3.8) is 0 Å². The highest BCUT2D eigenvalue weighted by molar-refractivity contribution is 5.74. The highest BCUT2D eigenvalue weighted by Crippen LogP contribution is 2.37. The molecule has 0 spiro atoms. The monoisotopic (exact) mass is 359 g/mol. The maximum atomic E-state index is 12.5. The Morgan fingerprint density at radius 2 is 1.81 bits per heavy atom. The van der Waals surface area contributed by atoms with Crippen LogP contribution in [0.4, 0.5) is 4.79 Å². The van der Waals surface area contributed by atoms with E-state index in [1.807, 2.05) is 17.0 Å². The van der Waals surface area contributed by atoms with E-state index in [0.717, 1.165) is 25.1 Å². The van der Waals surface area contributed by atoms with Crippen molar-refractivity contribution in [2.24, 2.45) is 0 Å². The number of fused-ring (bicyclic) bond motifs is 2. The Hall–Kier alpha value is -1.79. The van der Waals surface area contributed by atoms with E-state index < -0.39 is 0 Å². The number of carbonyl (C=O) groups is 1. The van der Waals surface area contributed by atoms with Crippen molar-refractivity contribution < 1.29 is 14.3 Å². The van der Waals surface area contributed by atoms with Gasteiger partial charge in [0.15, 0.2) is 0 Å². The summed E-state index contributed by atoms with van der Waals surface area (Å²) < 4.78 is 10.6. The Bertz CT molecular complexity index is 601. The van der Waals surface area contributed by atoms with Crippen LogP contribution in [0.25, 0.3) is 0 Å². The summed E-state index contributed by atoms with van der Waals surface area (Å²) in [6.45, 7) is 3.70. The molecule has 142 valence electrons. The first-order valence-electron chi connectivity index (χ1n) is 9.75. The van der Waals surface area contributed by atoms with E-state index in [1.54, 1.807) is 7.11 Å². The molecule has 3 heterocycles. The molecule has 1 aromatic rings. The molecule has 1 N–H and O–H groups in total. The van der Waals surface area contributed by atoms with Crippen LogP contribution in [0, 0.1) is 0 Å². The summed E-state index contributed by atoms with van der Waals surface area (Å²) >= 11 is 0. The number of methoxy groups -OCH3 is 1. The zero-order chi connectivity index (χ0) is 17.9. The summed E-state index contributed by atoms with van der Waals surface area (Å²) in [6.07, 6.45) is 4.60. The second kappa shape index (κ2) is 7.84. The predicted molar refractivity (Wildman–Crippen MR) is 99.3 cm³/mol. The van der Waals surface area contributed by atoms with Crippen molar-refractivity contribution in [2.75, 3.05) is 33.4 Å². The van der Waals surface area contributed by atoms with E-state index in [-0.39, 0.29) is 6.03 Å². The fourth-order valence-corrected chi connectivity index (χ4v) is 4.62. The smallest absolute Gasteiger partial charge is 0.317 e. The lowest BCUT2D eigenvalue weighted by Crippen LogP contribution is -2.54. The van der Waals surface area contributed by atoms with Gasteiger partial charge in [0.25, 0.3) is 0 Å². The lowest BCUT2D eigenvalue weighted by molar-refractivity contribution is 0.0500. The first kappa shape index (κ1) is 17.6. The third-order valence-electron chi connectivity index (χ3n) is 6.03. The van der Waals surface area contributed by atoms with E-state index in [2.05, 4.69) is 22.3 Å². The molecule has 1 aromatic carbocycles. The van der Waals surface area contributed by atoms with Gasteiger partial charge in [-0.2, -0.15) is 0 Å². The molecule has 6 heteroatoms. The van der Waals surface area contributed by atoms with E-state index >= 15 is 0 Å². The molecule has 2 bridgehead atoms. The van der Waals surface area contributed by atoms with Gasteiger partial charge in [-0.1, -0.05) is 12.1 Å². The number of amides is 2. The standard InChI is InChI=1S/C20H29N3O3/c1-25-19-6-2-15(3-7-19)14-23-17-4-5-18(23)13-16(12-17)21-20(24)22-8-10-26-11-9-22/h2-3,6-7,16-18H,4-5,8-14H2,1H3,(H,21,24)/t17-,18-/m1/s1. The number of ether oxygens (including phenoxy) is 2. The largest absolute Gasteiger partial charge is 0.497 e. The summed E-state index contributed by atoms with van der Waals surface area (Å²) in [6, 6.07) is 9.92. The Morgan fingerprint density at radius 3 is 2.42 bits per heavy atom. The topological polar surface area (TPSA) is 54.0 Å². The maximum absolute atomic E-state index is 12.5. The highest BCUT2D eigenvalue weighted by atomic mass is 16.5. The average Bonchev–Trinajstić information content (AvgIpc) is 2.91. The first-order chi connectivity index (χ1) is 12.7. The van der Waals surface area contributed by atoms with Crippen molar-refractivity contribution >= 4 is 6.03 Å². The Kier molecular flexibility index (Phi) is 5.31. The number of carbonyl (C=O) groups excluding carboxylic acids is 1. The van der Waals surface area contributed by atoms with Crippen LogP contribution in [0.5, 0.6) is 5.75 Å². The molecule has 26 heavy (non-hydrogen) atoms. The minimum Gasteiger partial charge on any atom is -0.497 e. The van der Waals surface area contributed by atoms with Crippen LogP contribution in [-0.2, 0) is 11.3 Å². The Morgan fingerprint density at radius 1 is 1.15 bits per heavy atom. The van der Waals surface area contributed by atoms with Crippen LogP contribution in [0.3, 0.4) is 0 Å². The van der Waals surface area contributed by atoms with Gasteiger partial charge in [0.2, 0.25) is 0 Å². The molecule has 0 unspecified atom stereocenters. The number of hydrogen-bond acceptors (Lipinski definition) is 4. The van der Waals surface area contributed by atoms with E-state index in [4.69, 9.17) is 9.47 Å². The van der Waals surface area contributed by atoms with Crippen molar-refractivity contribution in [3.8, 4) is 5.75 Å². The molecule has 3 saturated heterocycles. The molecule has 0 aliphatic carbocycles. The number of hydrogen-bond donors (Lipinski definition) is 1. The van der Waals surface area contributed by atoms with Gasteiger partial charge >= 0.3 is 6.03 Å². The van der Waals surface area contributed by atoms with Gasteiger partial charge in [-0.15, -0.1) is 0 Å². The predicted octanol–water partition coefficient (Wildman–Crippen LogP) is 2.23. The van der Waals surface area contributed by atoms with Gasteiger partial charge in [0.05, 0.1) is 20.3 Å². The van der Waals surface area contributed by atoms with Gasteiger partial charge in [0.1, 0.15) is 5.75 Å². The van der Waals surface area contributed by atoms with Crippen molar-refractivity contribution in [1.82, 2.24) is 15.1 Å². The first-order valence-corrected chi connectivity index (χ1v) is 9.75. The lowest BCUT2D eigenvalue weighted by Gasteiger charge is -2.40. The van der Waals surface area contributed by atoms with Gasteiger partial charge < -0.3 is 19.7 Å². The molecule has 6 nitrogen and oxygen atoms in total. The van der Waals surface area contributed by atoms with Crippen LogP contribution in [0.1, 0.15) is 31.2 Å². The fourth-order valence-electron chi connectivity index (χ4n) is 4.62. The van der Waals surface area contributed by atoms with Gasteiger partial charge in [-0.3, -0.25) is 4.90 Å². The molecular formula is C20H29N3O3. The molecule has 0 aromatic heterocycles. The summed E-state index contributed by atoms with van der Waals surface area (Å²) in [4.78, 5) is 17.0. The molecule has 4 rings (SSSR count). The Labute approximate surface area is 155 Å². The van der Waals surface area contributed by atoms with Crippen LogP contribution in [0.2, 0.25) is 0 Å². The van der Waals surface area contributed by atoms with E-state index in [9.17, 15) is 4.79 Å². The molecule has 3 aliphatic rings. The number of morpholine rings is 1. The van der Waals surface area contributed by atoms with E-state index in [0.29, 0.717) is 44.4 Å². The van der Waals surface area contributed by atoms with E-state index in [1.165, 1.54) is 18.4 Å². The molecular weight excluding hydrogens is 330 g/mol. The zero-order valence-corrected chi connectivity index (χ0v) is 15.5. The van der Waals surface area contributed by atoms with Crippen molar-refractivity contribution in [1.29, 1.82) is 0 Å². The third-order valence-corrected chi connectivity index (χ3v) is 6.03. The van der Waals surface area contributed by atoms with Crippen molar-refractivity contribution in [3.05, 3.63) is 29.8 Å². The number of benzene rings is 1. The fraction of sp³-hybridized carbons (Fsp3) is 0.650. The van der Waals surface area contributed by atoms with Gasteiger partial charge in [0, 0.05) is 37.8 Å². The van der Waals surface area contributed by atoms with Crippen molar-refractivity contribution in [2.45, 2.75) is 50.4 Å². The minimum atomic E-state index is 0.0845. The SMILES string of the molecule is COc1ccc(CN2[C@@H]3CC[C@@H]2CC(NC(=O)N2CCOCC2)C3)cc1. The molecule has 2 atom stereocenters. The van der Waals surface area contributed by atoms with Gasteiger partial charge in [-0.05, 0) is 43.4 Å². The second-order valence-corrected chi connectivity index (χ2v) is 7.62. The highest BCUT2D eigenvalue weighted by Gasteiger charge is 2.41. The summed E-state index contributed by atoms with van der Waals surface area (Å²) in [5.74, 6) is 0.904. The summed E-state index contributed by atoms with van der Waals surface area (Å²) in [7, 11) is 1.70. The maximum Gasteiger partial charge on any atom is 0.317 e. The lowest BCUT2D eigenvalue weighted by atomic mass is 9.96. The normalized spacial score (nSPS) is 28.8. The number of nitrogens with one attached hydrogen (secondary N) is 1.